The summed E-state index contributed by atoms with van der Waals surface area (Å²) in [5.74, 6) is -0.574. The Morgan fingerprint density at radius 2 is 1.48 bits per heavy atom. The van der Waals surface area contributed by atoms with Crippen LogP contribution in [0.4, 0.5) is 0 Å². The Labute approximate surface area is 152 Å². The van der Waals surface area contributed by atoms with Crippen molar-refractivity contribution in [2.75, 3.05) is 19.8 Å². The maximum Gasteiger partial charge on any atom is 0.309 e. The number of carboxylic acids is 1. The molecule has 146 valence electrons. The van der Waals surface area contributed by atoms with Gasteiger partial charge in [0.2, 0.25) is 0 Å². The number of carbonyl (C=O) groups excluding carboxylic acids is 1. The lowest BCUT2D eigenvalue weighted by molar-refractivity contribution is -0.153. The first-order chi connectivity index (χ1) is 12.0. The van der Waals surface area contributed by atoms with Gasteiger partial charge in [0.15, 0.2) is 0 Å². The van der Waals surface area contributed by atoms with E-state index in [1.807, 2.05) is 0 Å². The van der Waals surface area contributed by atoms with Crippen molar-refractivity contribution in [2.45, 2.75) is 78.1 Å². The van der Waals surface area contributed by atoms with Gasteiger partial charge in [-0.05, 0) is 38.0 Å². The molecule has 5 nitrogen and oxygen atoms in total. The maximum absolute atomic E-state index is 11.9. The number of carbonyl (C=O) groups is 2. The molecular formula is C20H36O5. The van der Waals surface area contributed by atoms with Gasteiger partial charge < -0.3 is 14.6 Å². The number of hydrogen-bond donors (Lipinski definition) is 1. The molecule has 1 fully saturated rings. The number of hydrogen-bond acceptors (Lipinski definition) is 4. The van der Waals surface area contributed by atoms with Crippen molar-refractivity contribution in [3.63, 3.8) is 0 Å². The molecular weight excluding hydrogens is 320 g/mol. The Hall–Kier alpha value is -1.10. The van der Waals surface area contributed by atoms with Crippen LogP contribution < -0.4 is 0 Å². The molecule has 0 bridgehead atoms. The van der Waals surface area contributed by atoms with E-state index in [0.29, 0.717) is 38.9 Å². The van der Waals surface area contributed by atoms with Gasteiger partial charge in [-0.25, -0.2) is 0 Å². The Bertz CT molecular complexity index is 372. The molecule has 1 aliphatic rings. The lowest BCUT2D eigenvalue weighted by atomic mass is 9.82. The first-order valence-electron chi connectivity index (χ1n) is 9.98. The van der Waals surface area contributed by atoms with Gasteiger partial charge in [0.1, 0.15) is 6.61 Å². The molecule has 0 aromatic heterocycles. The third-order valence-electron chi connectivity index (χ3n) is 4.95. The number of rotatable bonds is 13. The fraction of sp³-hybridized carbons (Fsp3) is 0.900. The predicted molar refractivity (Wildman–Crippen MR) is 97.4 cm³/mol. The third kappa shape index (κ3) is 10.5. The number of carboxylic acid groups (broad SMARTS) is 1. The van der Waals surface area contributed by atoms with Gasteiger partial charge in [-0.15, -0.1) is 0 Å². The number of aliphatic carboxylic acids is 1. The monoisotopic (exact) mass is 356 g/mol. The van der Waals surface area contributed by atoms with Gasteiger partial charge >= 0.3 is 11.9 Å². The summed E-state index contributed by atoms with van der Waals surface area (Å²) in [6.07, 6.45) is 9.86. The van der Waals surface area contributed by atoms with E-state index >= 15 is 0 Å². The largest absolute Gasteiger partial charge is 0.481 e. The zero-order valence-electron chi connectivity index (χ0n) is 16.0. The van der Waals surface area contributed by atoms with E-state index in [1.165, 1.54) is 32.1 Å². The van der Waals surface area contributed by atoms with Crippen LogP contribution in [0.3, 0.4) is 0 Å². The molecule has 0 atom stereocenters. The standard InChI is InChI=1S/C20H36O5/c1-16(2)8-6-4-3-5-7-13-24-14-15-25-20(23)18-11-9-17(10-12-18)19(21)22/h16-18H,3-15H2,1-2H3,(H,21,22). The van der Waals surface area contributed by atoms with Gasteiger partial charge in [-0.1, -0.05) is 46.0 Å². The van der Waals surface area contributed by atoms with Gasteiger partial charge in [-0.3, -0.25) is 9.59 Å². The molecule has 0 heterocycles. The van der Waals surface area contributed by atoms with Crippen LogP contribution in [-0.2, 0) is 19.1 Å². The van der Waals surface area contributed by atoms with Crippen LogP contribution in [0.2, 0.25) is 0 Å². The van der Waals surface area contributed by atoms with E-state index in [0.717, 1.165) is 18.9 Å². The molecule has 0 aromatic rings. The summed E-state index contributed by atoms with van der Waals surface area (Å²) in [6, 6.07) is 0. The van der Waals surface area contributed by atoms with E-state index in [2.05, 4.69) is 13.8 Å². The minimum atomic E-state index is -0.750. The van der Waals surface area contributed by atoms with Crippen LogP contribution in [0, 0.1) is 17.8 Å². The van der Waals surface area contributed by atoms with Crippen molar-refractivity contribution in [3.8, 4) is 0 Å². The maximum atomic E-state index is 11.9. The Morgan fingerprint density at radius 1 is 0.880 bits per heavy atom. The van der Waals surface area contributed by atoms with E-state index in [-0.39, 0.29) is 17.8 Å². The molecule has 1 saturated carbocycles. The molecule has 0 unspecified atom stereocenters. The van der Waals surface area contributed by atoms with E-state index in [4.69, 9.17) is 14.6 Å². The van der Waals surface area contributed by atoms with Crippen LogP contribution >= 0.6 is 0 Å². The number of unbranched alkanes of at least 4 members (excludes halogenated alkanes) is 4. The van der Waals surface area contributed by atoms with Crippen LogP contribution in [0.1, 0.15) is 78.1 Å². The first-order valence-corrected chi connectivity index (χ1v) is 9.98. The smallest absolute Gasteiger partial charge is 0.309 e. The number of ether oxygens (including phenoxy) is 2. The van der Waals surface area contributed by atoms with Crippen LogP contribution in [0.5, 0.6) is 0 Å². The quantitative estimate of drug-likeness (QED) is 0.390. The second-order valence-electron chi connectivity index (χ2n) is 7.62. The highest BCUT2D eigenvalue weighted by Crippen LogP contribution is 2.29. The van der Waals surface area contributed by atoms with E-state index in [9.17, 15) is 9.59 Å². The Kier molecular flexibility index (Phi) is 11.5. The lowest BCUT2D eigenvalue weighted by Gasteiger charge is -2.24. The molecule has 0 spiro atoms. The van der Waals surface area contributed by atoms with Gasteiger partial charge in [0.05, 0.1) is 18.4 Å². The highest BCUT2D eigenvalue weighted by atomic mass is 16.6. The van der Waals surface area contributed by atoms with Crippen LogP contribution in [0.15, 0.2) is 0 Å². The highest BCUT2D eigenvalue weighted by molar-refractivity contribution is 5.74. The summed E-state index contributed by atoms with van der Waals surface area (Å²) in [4.78, 5) is 22.8. The lowest BCUT2D eigenvalue weighted by Crippen LogP contribution is -2.27. The van der Waals surface area contributed by atoms with Crippen molar-refractivity contribution in [2.24, 2.45) is 17.8 Å². The molecule has 1 rings (SSSR count). The van der Waals surface area contributed by atoms with Crippen molar-refractivity contribution in [3.05, 3.63) is 0 Å². The molecule has 0 radical (unpaired) electrons. The van der Waals surface area contributed by atoms with Gasteiger partial charge in [0.25, 0.3) is 0 Å². The van der Waals surface area contributed by atoms with E-state index < -0.39 is 5.97 Å². The Morgan fingerprint density at radius 3 is 2.12 bits per heavy atom. The summed E-state index contributed by atoms with van der Waals surface area (Å²) in [5, 5.41) is 8.96. The minimum Gasteiger partial charge on any atom is -0.481 e. The summed E-state index contributed by atoms with van der Waals surface area (Å²) >= 11 is 0. The second kappa shape index (κ2) is 13.2. The summed E-state index contributed by atoms with van der Waals surface area (Å²) in [6.45, 7) is 6.00. The SMILES string of the molecule is CC(C)CCCCCCCOCCOC(=O)C1CCC(C(=O)O)CC1. The fourth-order valence-electron chi connectivity index (χ4n) is 3.28. The molecule has 25 heavy (non-hydrogen) atoms. The van der Waals surface area contributed by atoms with Crippen molar-refractivity contribution < 1.29 is 24.2 Å². The van der Waals surface area contributed by atoms with Crippen molar-refractivity contribution in [1.82, 2.24) is 0 Å². The second-order valence-corrected chi connectivity index (χ2v) is 7.62. The van der Waals surface area contributed by atoms with Crippen molar-refractivity contribution in [1.29, 1.82) is 0 Å². The first kappa shape index (κ1) is 21.9. The zero-order valence-corrected chi connectivity index (χ0v) is 16.0. The fourth-order valence-corrected chi connectivity index (χ4v) is 3.28. The summed E-state index contributed by atoms with van der Waals surface area (Å²) < 4.78 is 10.8. The zero-order chi connectivity index (χ0) is 18.5. The van der Waals surface area contributed by atoms with Gasteiger partial charge in [0, 0.05) is 6.61 Å². The molecule has 1 N–H and O–H groups in total. The third-order valence-corrected chi connectivity index (χ3v) is 4.95. The highest BCUT2D eigenvalue weighted by Gasteiger charge is 2.30. The molecule has 0 amide bonds. The summed E-state index contributed by atoms with van der Waals surface area (Å²) in [7, 11) is 0. The minimum absolute atomic E-state index is 0.138. The molecule has 0 aliphatic heterocycles. The van der Waals surface area contributed by atoms with Gasteiger partial charge in [-0.2, -0.15) is 0 Å². The van der Waals surface area contributed by atoms with Crippen LogP contribution in [-0.4, -0.2) is 36.9 Å². The Balaban J connectivity index is 1.90. The number of esters is 1. The normalized spacial score (nSPS) is 20.6. The average Bonchev–Trinajstić information content (AvgIpc) is 2.59. The molecule has 1 aliphatic carbocycles. The van der Waals surface area contributed by atoms with Crippen molar-refractivity contribution >= 4 is 11.9 Å². The molecule has 0 aromatic carbocycles. The molecule has 5 heteroatoms. The topological polar surface area (TPSA) is 72.8 Å². The average molecular weight is 357 g/mol. The van der Waals surface area contributed by atoms with E-state index in [1.54, 1.807) is 0 Å². The summed E-state index contributed by atoms with van der Waals surface area (Å²) in [5.41, 5.74) is 0. The predicted octanol–water partition coefficient (Wildman–Crippen LogP) is 4.43. The molecule has 0 saturated heterocycles. The van der Waals surface area contributed by atoms with Crippen LogP contribution in [0.25, 0.3) is 0 Å².